The Kier molecular flexibility index (Phi) is 6.31. The molecule has 1 N–H and O–H groups in total. The number of hydrogen-bond acceptors (Lipinski definition) is 4. The lowest BCUT2D eigenvalue weighted by molar-refractivity contribution is 0.0951. The summed E-state index contributed by atoms with van der Waals surface area (Å²) in [6, 6.07) is 20.8. The second kappa shape index (κ2) is 9.70. The molecule has 1 fully saturated rings. The van der Waals surface area contributed by atoms with E-state index in [2.05, 4.69) is 17.1 Å². The second-order valence-electron chi connectivity index (χ2n) is 8.98. The number of hydrogen-bond donors (Lipinski definition) is 1. The molecule has 1 amide bonds. The van der Waals surface area contributed by atoms with Gasteiger partial charge in [0.1, 0.15) is 5.82 Å². The van der Waals surface area contributed by atoms with Crippen LogP contribution >= 0.6 is 0 Å². The summed E-state index contributed by atoms with van der Waals surface area (Å²) < 4.78 is 15.1. The fraction of sp³-hybridized carbons (Fsp3) is 0.250. The van der Waals surface area contributed by atoms with Crippen LogP contribution in [0.5, 0.6) is 0 Å². The van der Waals surface area contributed by atoms with Gasteiger partial charge < -0.3 is 10.2 Å². The highest BCUT2D eigenvalue weighted by Gasteiger charge is 2.22. The van der Waals surface area contributed by atoms with Gasteiger partial charge in [0.15, 0.2) is 0 Å². The van der Waals surface area contributed by atoms with Crippen molar-refractivity contribution in [3.63, 3.8) is 0 Å². The highest BCUT2D eigenvalue weighted by molar-refractivity contribution is 5.97. The van der Waals surface area contributed by atoms with Crippen molar-refractivity contribution < 1.29 is 9.18 Å². The van der Waals surface area contributed by atoms with Crippen LogP contribution in [0, 0.1) is 5.82 Å². The molecule has 178 valence electrons. The standard InChI is InChI=1S/C28H27FN4O2/c1-19(20-7-3-2-4-8-20)18-30-26(34)21-9-14-24-25(17-21)31-28(32-15-5-6-16-32)33(27(24)35)23-12-10-22(29)11-13-23/h2-4,7-14,17,19H,5-6,15-16,18H2,1H3,(H,30,34). The fourth-order valence-corrected chi connectivity index (χ4v) is 4.51. The molecule has 0 radical (unpaired) electrons. The lowest BCUT2D eigenvalue weighted by Crippen LogP contribution is -2.31. The molecule has 1 aliphatic rings. The average Bonchev–Trinajstić information content (AvgIpc) is 3.43. The summed E-state index contributed by atoms with van der Waals surface area (Å²) in [4.78, 5) is 33.3. The first kappa shape index (κ1) is 22.8. The van der Waals surface area contributed by atoms with Crippen LogP contribution in [0.25, 0.3) is 16.6 Å². The molecule has 3 aromatic carbocycles. The lowest BCUT2D eigenvalue weighted by Gasteiger charge is -2.22. The maximum Gasteiger partial charge on any atom is 0.267 e. The van der Waals surface area contributed by atoms with E-state index in [0.29, 0.717) is 34.6 Å². The summed E-state index contributed by atoms with van der Waals surface area (Å²) in [6.45, 7) is 4.14. The first-order valence-corrected chi connectivity index (χ1v) is 11.9. The molecule has 1 unspecified atom stereocenters. The van der Waals surface area contributed by atoms with E-state index in [9.17, 15) is 14.0 Å². The van der Waals surface area contributed by atoms with Crippen LogP contribution < -0.4 is 15.8 Å². The largest absolute Gasteiger partial charge is 0.351 e. The van der Waals surface area contributed by atoms with Gasteiger partial charge in [-0.05, 0) is 66.8 Å². The van der Waals surface area contributed by atoms with Gasteiger partial charge in [0.25, 0.3) is 11.5 Å². The van der Waals surface area contributed by atoms with Crippen LogP contribution in [0.2, 0.25) is 0 Å². The molecule has 35 heavy (non-hydrogen) atoms. The molecule has 0 spiro atoms. The monoisotopic (exact) mass is 470 g/mol. The molecule has 2 heterocycles. The molecule has 1 saturated heterocycles. The highest BCUT2D eigenvalue weighted by atomic mass is 19.1. The Morgan fingerprint density at radius 1 is 1.03 bits per heavy atom. The fourth-order valence-electron chi connectivity index (χ4n) is 4.51. The summed E-state index contributed by atoms with van der Waals surface area (Å²) in [5.41, 5.74) is 2.40. The molecule has 6 nitrogen and oxygen atoms in total. The van der Waals surface area contributed by atoms with Gasteiger partial charge >= 0.3 is 0 Å². The van der Waals surface area contributed by atoms with Gasteiger partial charge in [-0.3, -0.25) is 9.59 Å². The molecule has 1 atom stereocenters. The molecular formula is C28H27FN4O2. The number of amides is 1. The second-order valence-corrected chi connectivity index (χ2v) is 8.98. The van der Waals surface area contributed by atoms with Crippen molar-refractivity contribution >= 4 is 22.8 Å². The van der Waals surface area contributed by atoms with Crippen molar-refractivity contribution in [3.8, 4) is 5.69 Å². The topological polar surface area (TPSA) is 67.2 Å². The number of rotatable bonds is 6. The summed E-state index contributed by atoms with van der Waals surface area (Å²) >= 11 is 0. The minimum absolute atomic E-state index is 0.170. The van der Waals surface area contributed by atoms with E-state index in [-0.39, 0.29) is 23.2 Å². The number of nitrogens with one attached hydrogen (secondary N) is 1. The van der Waals surface area contributed by atoms with Gasteiger partial charge in [-0.15, -0.1) is 0 Å². The van der Waals surface area contributed by atoms with Crippen LogP contribution in [0.3, 0.4) is 0 Å². The molecular weight excluding hydrogens is 443 g/mol. The third-order valence-corrected chi connectivity index (χ3v) is 6.53. The zero-order valence-electron chi connectivity index (χ0n) is 19.6. The number of aromatic nitrogens is 2. The van der Waals surface area contributed by atoms with Crippen LogP contribution in [0.4, 0.5) is 10.3 Å². The average molecular weight is 471 g/mol. The molecule has 0 bridgehead atoms. The number of carbonyl (C=O) groups is 1. The van der Waals surface area contributed by atoms with E-state index in [0.717, 1.165) is 31.5 Å². The predicted octanol–water partition coefficient (Wildman–Crippen LogP) is 4.66. The van der Waals surface area contributed by atoms with Gasteiger partial charge in [-0.25, -0.2) is 13.9 Å². The molecule has 4 aromatic rings. The van der Waals surface area contributed by atoms with E-state index in [1.165, 1.54) is 16.7 Å². The SMILES string of the molecule is CC(CNC(=O)c1ccc2c(=O)n(-c3ccc(F)cc3)c(N3CCCC3)nc2c1)c1ccccc1. The number of benzene rings is 3. The zero-order chi connectivity index (χ0) is 24.4. The number of nitrogens with zero attached hydrogens (tertiary/aromatic N) is 3. The maximum absolute atomic E-state index is 13.5. The van der Waals surface area contributed by atoms with Crippen molar-refractivity contribution in [2.45, 2.75) is 25.7 Å². The van der Waals surface area contributed by atoms with Gasteiger partial charge in [0.05, 0.1) is 16.6 Å². The first-order chi connectivity index (χ1) is 17.0. The summed E-state index contributed by atoms with van der Waals surface area (Å²) in [6.07, 6.45) is 2.03. The molecule has 1 aromatic heterocycles. The molecule has 7 heteroatoms. The zero-order valence-corrected chi connectivity index (χ0v) is 19.6. The minimum atomic E-state index is -0.365. The first-order valence-electron chi connectivity index (χ1n) is 11.9. The van der Waals surface area contributed by atoms with Gasteiger partial charge in [0.2, 0.25) is 5.95 Å². The molecule has 5 rings (SSSR count). The van der Waals surface area contributed by atoms with Crippen LogP contribution in [0.1, 0.15) is 41.6 Å². The Labute approximate surface area is 203 Å². The highest BCUT2D eigenvalue weighted by Crippen LogP contribution is 2.24. The van der Waals surface area contributed by atoms with Crippen LogP contribution in [-0.2, 0) is 0 Å². The van der Waals surface area contributed by atoms with Gasteiger partial charge in [-0.1, -0.05) is 37.3 Å². The number of fused-ring (bicyclic) bond motifs is 1. The van der Waals surface area contributed by atoms with Crippen molar-refractivity contribution in [2.75, 3.05) is 24.5 Å². The van der Waals surface area contributed by atoms with E-state index < -0.39 is 0 Å². The quantitative estimate of drug-likeness (QED) is 0.445. The van der Waals surface area contributed by atoms with Crippen LogP contribution in [-0.4, -0.2) is 35.1 Å². The maximum atomic E-state index is 13.5. The van der Waals surface area contributed by atoms with Crippen molar-refractivity contribution in [3.05, 3.63) is 100 Å². The predicted molar refractivity (Wildman–Crippen MR) is 136 cm³/mol. The Morgan fingerprint density at radius 2 is 1.74 bits per heavy atom. The Bertz CT molecular complexity index is 1410. The third kappa shape index (κ3) is 4.67. The normalized spacial score (nSPS) is 14.3. The summed E-state index contributed by atoms with van der Waals surface area (Å²) in [5.74, 6) is 0.114. The minimum Gasteiger partial charge on any atom is -0.351 e. The Balaban J connectivity index is 1.48. The van der Waals surface area contributed by atoms with E-state index in [4.69, 9.17) is 4.98 Å². The van der Waals surface area contributed by atoms with Gasteiger partial charge in [-0.2, -0.15) is 0 Å². The Morgan fingerprint density at radius 3 is 2.46 bits per heavy atom. The number of halogens is 1. The van der Waals surface area contributed by atoms with Crippen LogP contribution in [0.15, 0.2) is 77.6 Å². The molecule has 0 saturated carbocycles. The van der Waals surface area contributed by atoms with Crippen molar-refractivity contribution in [1.29, 1.82) is 0 Å². The molecule has 1 aliphatic heterocycles. The van der Waals surface area contributed by atoms with Crippen molar-refractivity contribution in [2.24, 2.45) is 0 Å². The van der Waals surface area contributed by atoms with Gasteiger partial charge in [0, 0.05) is 25.2 Å². The van der Waals surface area contributed by atoms with E-state index >= 15 is 0 Å². The molecule has 0 aliphatic carbocycles. The summed E-state index contributed by atoms with van der Waals surface area (Å²) in [7, 11) is 0. The lowest BCUT2D eigenvalue weighted by atomic mass is 10.0. The van der Waals surface area contributed by atoms with E-state index in [1.807, 2.05) is 30.3 Å². The van der Waals surface area contributed by atoms with E-state index in [1.54, 1.807) is 30.3 Å². The van der Waals surface area contributed by atoms with Crippen molar-refractivity contribution in [1.82, 2.24) is 14.9 Å². The third-order valence-electron chi connectivity index (χ3n) is 6.53. The number of anilines is 1. The summed E-state index contributed by atoms with van der Waals surface area (Å²) in [5, 5.41) is 3.40. The smallest absolute Gasteiger partial charge is 0.267 e. The number of carbonyl (C=O) groups excluding carboxylic acids is 1. The Hall–Kier alpha value is -4.00.